The van der Waals surface area contributed by atoms with E-state index in [1.165, 1.54) is 0 Å². The van der Waals surface area contributed by atoms with Crippen molar-refractivity contribution in [2.24, 2.45) is 5.73 Å². The van der Waals surface area contributed by atoms with Crippen LogP contribution in [0.2, 0.25) is 0 Å². The molecule has 0 aliphatic rings. The lowest BCUT2D eigenvalue weighted by Gasteiger charge is -2.20. The Bertz CT molecular complexity index is 1540. The normalized spacial score (nSPS) is 15.8. The Balaban J connectivity index is 4.75. The van der Waals surface area contributed by atoms with Crippen LogP contribution in [0.15, 0.2) is 122 Å². The number of esters is 2. The molecule has 0 saturated heterocycles. The van der Waals surface area contributed by atoms with Crippen LogP contribution >= 0.6 is 7.82 Å². The van der Waals surface area contributed by atoms with Crippen molar-refractivity contribution < 1.29 is 57.7 Å². The van der Waals surface area contributed by atoms with Gasteiger partial charge in [0.1, 0.15) is 12.6 Å². The minimum Gasteiger partial charge on any atom is -0.480 e. The largest absolute Gasteiger partial charge is 0.480 e. The fraction of sp³-hybridized carbons (Fsp3) is 0.521. The van der Waals surface area contributed by atoms with Crippen LogP contribution in [0.5, 0.6) is 0 Å². The highest BCUT2D eigenvalue weighted by Gasteiger charge is 2.28. The van der Waals surface area contributed by atoms with Crippen molar-refractivity contribution in [3.63, 3.8) is 0 Å². The fourth-order valence-electron chi connectivity index (χ4n) is 4.94. The van der Waals surface area contributed by atoms with Gasteiger partial charge in [-0.3, -0.25) is 23.4 Å². The Morgan fingerprint density at radius 3 is 1.44 bits per heavy atom. The lowest BCUT2D eigenvalue weighted by atomic mass is 10.0. The van der Waals surface area contributed by atoms with Crippen molar-refractivity contribution >= 4 is 25.7 Å². The summed E-state index contributed by atoms with van der Waals surface area (Å²) in [7, 11) is -4.83. The van der Waals surface area contributed by atoms with Gasteiger partial charge in [0.2, 0.25) is 0 Å². The van der Waals surface area contributed by atoms with E-state index in [1.54, 1.807) is 6.08 Å². The van der Waals surface area contributed by atoms with Crippen LogP contribution in [0.4, 0.5) is 0 Å². The number of phosphoric acid groups is 1. The van der Waals surface area contributed by atoms with Crippen LogP contribution in [0.25, 0.3) is 0 Å². The quantitative estimate of drug-likeness (QED) is 0.0222. The van der Waals surface area contributed by atoms with Gasteiger partial charge in [-0.15, -0.1) is 0 Å². The number of aliphatic carboxylic acids is 1. The maximum Gasteiger partial charge on any atom is 0.472 e. The van der Waals surface area contributed by atoms with Gasteiger partial charge in [-0.25, -0.2) is 4.57 Å². The molecule has 0 aliphatic carbocycles. The zero-order chi connectivity index (χ0) is 45.9. The summed E-state index contributed by atoms with van der Waals surface area (Å²) in [6, 6.07) is -1.59. The summed E-state index contributed by atoms with van der Waals surface area (Å²) in [5.41, 5.74) is 5.31. The van der Waals surface area contributed by atoms with Crippen LogP contribution in [-0.2, 0) is 37.5 Å². The third kappa shape index (κ3) is 38.7. The van der Waals surface area contributed by atoms with E-state index >= 15 is 0 Å². The first-order chi connectivity index (χ1) is 29.9. The second-order valence-corrected chi connectivity index (χ2v) is 15.5. The van der Waals surface area contributed by atoms with Gasteiger partial charge in [0.05, 0.1) is 25.4 Å². The fourth-order valence-corrected chi connectivity index (χ4v) is 5.72. The molecular weight excluding hydrogens is 813 g/mol. The number of ether oxygens (including phenoxy) is 2. The van der Waals surface area contributed by atoms with E-state index in [2.05, 4.69) is 103 Å². The molecule has 14 heteroatoms. The second kappa shape index (κ2) is 40.8. The van der Waals surface area contributed by atoms with Crippen molar-refractivity contribution in [1.82, 2.24) is 0 Å². The number of aliphatic hydroxyl groups excluding tert-OH is 2. The first-order valence-electron chi connectivity index (χ1n) is 21.7. The van der Waals surface area contributed by atoms with Crippen molar-refractivity contribution in [3.05, 3.63) is 122 Å². The number of aliphatic hydroxyl groups is 2. The van der Waals surface area contributed by atoms with Crippen molar-refractivity contribution in [3.8, 4) is 0 Å². The number of rotatable bonds is 38. The van der Waals surface area contributed by atoms with Crippen LogP contribution in [-0.4, -0.2) is 82.3 Å². The zero-order valence-corrected chi connectivity index (χ0v) is 37.8. The Kier molecular flexibility index (Phi) is 38.1. The van der Waals surface area contributed by atoms with Gasteiger partial charge < -0.3 is 35.4 Å². The molecule has 348 valence electrons. The van der Waals surface area contributed by atoms with E-state index < -0.39 is 69.9 Å². The number of allylic oxidation sites excluding steroid dienone is 19. The molecule has 0 bridgehead atoms. The van der Waals surface area contributed by atoms with E-state index in [1.807, 2.05) is 30.4 Å². The molecule has 6 N–H and O–H groups in total. The molecule has 62 heavy (non-hydrogen) atoms. The third-order valence-corrected chi connectivity index (χ3v) is 9.37. The first kappa shape index (κ1) is 57.8. The highest BCUT2D eigenvalue weighted by atomic mass is 31.2. The van der Waals surface area contributed by atoms with Crippen LogP contribution in [0.1, 0.15) is 117 Å². The minimum absolute atomic E-state index is 0.0273. The molecule has 5 atom stereocenters. The number of hydrogen-bond donors (Lipinski definition) is 5. The molecule has 0 rings (SSSR count). The Hall–Kier alpha value is -4.20. The smallest absolute Gasteiger partial charge is 0.472 e. The molecule has 0 aromatic carbocycles. The molecule has 13 nitrogen and oxygen atoms in total. The number of nitrogens with two attached hydrogens (primary N) is 1. The van der Waals surface area contributed by atoms with Crippen LogP contribution < -0.4 is 5.73 Å². The van der Waals surface area contributed by atoms with Crippen molar-refractivity contribution in [2.45, 2.75) is 141 Å². The lowest BCUT2D eigenvalue weighted by Crippen LogP contribution is -2.34. The summed E-state index contributed by atoms with van der Waals surface area (Å²) in [6.07, 6.45) is 47.4. The number of carboxylic acid groups (broad SMARTS) is 1. The highest BCUT2D eigenvalue weighted by Crippen LogP contribution is 2.43. The van der Waals surface area contributed by atoms with E-state index in [0.29, 0.717) is 19.3 Å². The molecule has 0 heterocycles. The Morgan fingerprint density at radius 2 is 0.984 bits per heavy atom. The monoisotopic (exact) mass is 887 g/mol. The first-order valence-corrected chi connectivity index (χ1v) is 23.2. The molecular formula is C48H74NO12P. The average Bonchev–Trinajstić information content (AvgIpc) is 3.24. The summed E-state index contributed by atoms with van der Waals surface area (Å²) in [5.74, 6) is -2.83. The van der Waals surface area contributed by atoms with E-state index in [-0.39, 0.29) is 32.1 Å². The van der Waals surface area contributed by atoms with Gasteiger partial charge in [-0.1, -0.05) is 135 Å². The SMILES string of the molecule is CC/C=C\C/C=C\C/C=C\C/C=C\C/C=C\C/C=C\CCC(=O)OC[C@H](COP(=O)(O)OC[C@H](N)C(=O)O)OC(=O)CCC[C@@H](O)[C@H](O)C/C=C\C/C=C\C/C=C\C/C=C\CC. The van der Waals surface area contributed by atoms with Gasteiger partial charge in [-0.05, 0) is 89.9 Å². The minimum atomic E-state index is -4.83. The molecule has 0 radical (unpaired) electrons. The van der Waals surface area contributed by atoms with Crippen LogP contribution in [0, 0.1) is 0 Å². The van der Waals surface area contributed by atoms with Gasteiger partial charge in [-0.2, -0.15) is 0 Å². The van der Waals surface area contributed by atoms with Crippen molar-refractivity contribution in [1.29, 1.82) is 0 Å². The van der Waals surface area contributed by atoms with Gasteiger partial charge in [0.15, 0.2) is 6.10 Å². The van der Waals surface area contributed by atoms with E-state index in [4.69, 9.17) is 24.8 Å². The van der Waals surface area contributed by atoms with Crippen LogP contribution in [0.3, 0.4) is 0 Å². The summed E-state index contributed by atoms with van der Waals surface area (Å²) >= 11 is 0. The van der Waals surface area contributed by atoms with E-state index in [9.17, 15) is 34.1 Å². The van der Waals surface area contributed by atoms with Gasteiger partial charge in [0.25, 0.3) is 0 Å². The predicted octanol–water partition coefficient (Wildman–Crippen LogP) is 9.55. The molecule has 0 aromatic heterocycles. The van der Waals surface area contributed by atoms with Gasteiger partial charge >= 0.3 is 25.7 Å². The molecule has 0 aromatic rings. The summed E-state index contributed by atoms with van der Waals surface area (Å²) < 4.78 is 32.4. The number of carboxylic acids is 1. The zero-order valence-electron chi connectivity index (χ0n) is 36.9. The number of phosphoric ester groups is 1. The predicted molar refractivity (Wildman–Crippen MR) is 247 cm³/mol. The molecule has 0 fully saturated rings. The van der Waals surface area contributed by atoms with Crippen molar-refractivity contribution in [2.75, 3.05) is 19.8 Å². The molecule has 0 amide bonds. The maximum atomic E-state index is 12.7. The topological polar surface area (TPSA) is 212 Å². The molecule has 0 aliphatic heterocycles. The van der Waals surface area contributed by atoms with E-state index in [0.717, 1.165) is 51.4 Å². The highest BCUT2D eigenvalue weighted by molar-refractivity contribution is 7.47. The van der Waals surface area contributed by atoms with Gasteiger partial charge in [0, 0.05) is 12.8 Å². The number of carbonyl (C=O) groups excluding carboxylic acids is 2. The number of hydrogen-bond acceptors (Lipinski definition) is 11. The summed E-state index contributed by atoms with van der Waals surface area (Å²) in [5, 5.41) is 29.6. The third-order valence-electron chi connectivity index (χ3n) is 8.42. The Morgan fingerprint density at radius 1 is 0.565 bits per heavy atom. The summed E-state index contributed by atoms with van der Waals surface area (Å²) in [6.45, 7) is 2.17. The summed E-state index contributed by atoms with van der Waals surface area (Å²) in [4.78, 5) is 46.0. The average molecular weight is 888 g/mol. The lowest BCUT2D eigenvalue weighted by molar-refractivity contribution is -0.161. The maximum absolute atomic E-state index is 12.7. The molecule has 0 spiro atoms. The second-order valence-electron chi connectivity index (χ2n) is 14.0. The Labute approximate surface area is 370 Å². The molecule has 1 unspecified atom stereocenters. The molecule has 0 saturated carbocycles. The number of carbonyl (C=O) groups is 3. The standard InChI is InChI=1S/C48H74NO12P/c1-3-5-7-9-11-13-15-17-18-19-20-21-22-23-25-27-29-31-33-37-46(52)58-39-42(40-59-62(56,57)60-41-43(49)48(54)55)61-47(53)38-34-36-45(51)44(50)35-32-30-28-26-24-16-14-12-10-8-6-4-2/h5-8,11-14,17-18,20-21,23-26,29-32,42-45,50-51H,3-4,9-10,15-16,19,22,27-28,33-41,49H2,1-2H3,(H,54,55)(H,56,57)/b7-5-,8-6-,13-11-,14-12-,18-17-,21-20-,25-23-,26-24-,31-29-,32-30-/t42-,43+,44-,45-/m1/s1.